The Morgan fingerprint density at radius 2 is 2.08 bits per heavy atom. The fraction of sp³-hybridized carbons (Fsp3) is 0.316. The second-order valence-corrected chi connectivity index (χ2v) is 5.31. The number of benzene rings is 2. The predicted octanol–water partition coefficient (Wildman–Crippen LogP) is 3.88. The molecular weight excluding hydrogens is 308 g/mol. The van der Waals surface area contributed by atoms with Gasteiger partial charge >= 0.3 is 5.97 Å². The number of carboxylic acids is 1. The first-order chi connectivity index (χ1) is 11.6. The zero-order valence-corrected chi connectivity index (χ0v) is 14.2. The average molecular weight is 330 g/mol. The van der Waals surface area contributed by atoms with Gasteiger partial charge in [0, 0.05) is 18.6 Å². The van der Waals surface area contributed by atoms with Crippen LogP contribution in [0.1, 0.15) is 24.5 Å². The lowest BCUT2D eigenvalue weighted by molar-refractivity contribution is -0.131. The van der Waals surface area contributed by atoms with Crippen molar-refractivity contribution in [3.63, 3.8) is 0 Å². The maximum Gasteiger partial charge on any atom is 0.328 e. The van der Waals surface area contributed by atoms with Crippen LogP contribution in [-0.4, -0.2) is 32.1 Å². The third kappa shape index (κ3) is 3.86. The molecule has 0 fully saturated rings. The number of ether oxygens (including phenoxy) is 3. The molecule has 24 heavy (non-hydrogen) atoms. The Hall–Kier alpha value is -2.53. The smallest absolute Gasteiger partial charge is 0.328 e. The van der Waals surface area contributed by atoms with Gasteiger partial charge in [-0.3, -0.25) is 0 Å². The number of carbonyl (C=O) groups is 1. The summed E-state index contributed by atoms with van der Waals surface area (Å²) >= 11 is 0. The Bertz CT molecular complexity index is 749. The average Bonchev–Trinajstić information content (AvgIpc) is 2.58. The van der Waals surface area contributed by atoms with E-state index in [0.717, 1.165) is 40.8 Å². The van der Waals surface area contributed by atoms with Crippen LogP contribution in [0.2, 0.25) is 0 Å². The molecule has 5 nitrogen and oxygen atoms in total. The third-order valence-electron chi connectivity index (χ3n) is 3.67. The highest BCUT2D eigenvalue weighted by atomic mass is 16.7. The Morgan fingerprint density at radius 3 is 2.71 bits per heavy atom. The molecular formula is C19H22O5. The molecule has 0 spiro atoms. The maximum absolute atomic E-state index is 10.9. The van der Waals surface area contributed by atoms with Gasteiger partial charge in [-0.2, -0.15) is 0 Å². The molecule has 0 aliphatic carbocycles. The largest absolute Gasteiger partial charge is 0.493 e. The minimum atomic E-state index is -0.994. The maximum atomic E-state index is 10.9. The van der Waals surface area contributed by atoms with Crippen LogP contribution in [-0.2, 0) is 16.0 Å². The van der Waals surface area contributed by atoms with Crippen molar-refractivity contribution in [2.24, 2.45) is 0 Å². The zero-order valence-electron chi connectivity index (χ0n) is 14.2. The fourth-order valence-corrected chi connectivity index (χ4v) is 2.71. The van der Waals surface area contributed by atoms with E-state index in [0.29, 0.717) is 11.5 Å². The van der Waals surface area contributed by atoms with Gasteiger partial charge in [0.1, 0.15) is 0 Å². The van der Waals surface area contributed by atoms with Gasteiger partial charge in [-0.1, -0.05) is 31.5 Å². The van der Waals surface area contributed by atoms with Crippen molar-refractivity contribution in [1.29, 1.82) is 0 Å². The Kier molecular flexibility index (Phi) is 6.21. The van der Waals surface area contributed by atoms with E-state index in [4.69, 9.17) is 19.3 Å². The van der Waals surface area contributed by atoms with Crippen LogP contribution in [0.5, 0.6) is 11.5 Å². The fourth-order valence-electron chi connectivity index (χ4n) is 2.71. The first-order valence-corrected chi connectivity index (χ1v) is 7.77. The van der Waals surface area contributed by atoms with E-state index in [2.05, 4.69) is 13.0 Å². The van der Waals surface area contributed by atoms with Crippen molar-refractivity contribution in [3.05, 3.63) is 41.5 Å². The molecule has 2 rings (SSSR count). The van der Waals surface area contributed by atoms with Gasteiger partial charge < -0.3 is 19.3 Å². The highest BCUT2D eigenvalue weighted by molar-refractivity contribution is 6.00. The van der Waals surface area contributed by atoms with Gasteiger partial charge in [-0.15, -0.1) is 0 Å². The lowest BCUT2D eigenvalue weighted by Crippen LogP contribution is -2.03. The van der Waals surface area contributed by atoms with Crippen LogP contribution in [0.3, 0.4) is 0 Å². The molecule has 5 heteroatoms. The molecule has 0 aromatic heterocycles. The Morgan fingerprint density at radius 1 is 1.29 bits per heavy atom. The summed E-state index contributed by atoms with van der Waals surface area (Å²) in [7, 11) is 3.12. The number of hydrogen-bond acceptors (Lipinski definition) is 4. The molecule has 2 aromatic carbocycles. The lowest BCUT2D eigenvalue weighted by atomic mass is 9.96. The van der Waals surface area contributed by atoms with Gasteiger partial charge in [0.05, 0.1) is 7.11 Å². The van der Waals surface area contributed by atoms with E-state index in [9.17, 15) is 4.79 Å². The van der Waals surface area contributed by atoms with E-state index in [1.165, 1.54) is 0 Å². The summed E-state index contributed by atoms with van der Waals surface area (Å²) in [6.45, 7) is 2.22. The molecule has 0 saturated carbocycles. The summed E-state index contributed by atoms with van der Waals surface area (Å²) in [4.78, 5) is 10.9. The third-order valence-corrected chi connectivity index (χ3v) is 3.67. The molecule has 0 aliphatic rings. The second-order valence-electron chi connectivity index (χ2n) is 5.31. The highest BCUT2D eigenvalue weighted by Crippen LogP contribution is 2.40. The number of rotatable bonds is 8. The van der Waals surface area contributed by atoms with Gasteiger partial charge in [0.15, 0.2) is 18.3 Å². The van der Waals surface area contributed by atoms with Crippen LogP contribution in [0.15, 0.2) is 30.3 Å². The van der Waals surface area contributed by atoms with Crippen LogP contribution in [0, 0.1) is 0 Å². The molecule has 0 heterocycles. The molecule has 2 aromatic rings. The summed E-state index contributed by atoms with van der Waals surface area (Å²) in [5.74, 6) is 0.172. The first kappa shape index (κ1) is 17.8. The van der Waals surface area contributed by atoms with Crippen molar-refractivity contribution < 1.29 is 24.1 Å². The topological polar surface area (TPSA) is 65.0 Å². The highest BCUT2D eigenvalue weighted by Gasteiger charge is 2.16. The minimum absolute atomic E-state index is 0.107. The monoisotopic (exact) mass is 330 g/mol. The van der Waals surface area contributed by atoms with Gasteiger partial charge in [0.25, 0.3) is 0 Å². The van der Waals surface area contributed by atoms with Crippen LogP contribution >= 0.6 is 0 Å². The molecule has 0 unspecified atom stereocenters. The molecule has 0 aliphatic heterocycles. The van der Waals surface area contributed by atoms with E-state index in [-0.39, 0.29) is 6.79 Å². The summed E-state index contributed by atoms with van der Waals surface area (Å²) in [5.41, 5.74) is 1.90. The predicted molar refractivity (Wildman–Crippen MR) is 93.7 cm³/mol. The van der Waals surface area contributed by atoms with Crippen molar-refractivity contribution in [2.45, 2.75) is 19.8 Å². The standard InChI is InChI=1S/C19H22O5/c1-4-6-13-7-5-8-15-14(9-10-17(20)21)11-16(23-3)19(18(13)15)24-12-22-2/h5,7-11H,4,6,12H2,1-3H3,(H,20,21)/b10-9-. The number of aliphatic carboxylic acids is 1. The van der Waals surface area contributed by atoms with E-state index < -0.39 is 5.97 Å². The van der Waals surface area contributed by atoms with Crippen LogP contribution in [0.4, 0.5) is 0 Å². The van der Waals surface area contributed by atoms with Crippen molar-refractivity contribution >= 4 is 22.8 Å². The molecule has 1 N–H and O–H groups in total. The number of aryl methyl sites for hydroxylation is 1. The van der Waals surface area contributed by atoms with Gasteiger partial charge in [-0.05, 0) is 35.1 Å². The summed E-state index contributed by atoms with van der Waals surface area (Å²) in [6.07, 6.45) is 4.57. The van der Waals surface area contributed by atoms with Crippen molar-refractivity contribution in [1.82, 2.24) is 0 Å². The normalized spacial score (nSPS) is 11.1. The molecule has 0 bridgehead atoms. The van der Waals surface area contributed by atoms with E-state index >= 15 is 0 Å². The lowest BCUT2D eigenvalue weighted by Gasteiger charge is -2.17. The summed E-state index contributed by atoms with van der Waals surface area (Å²) in [6, 6.07) is 7.76. The Balaban J connectivity index is 2.77. The summed E-state index contributed by atoms with van der Waals surface area (Å²) < 4.78 is 16.3. The quantitative estimate of drug-likeness (QED) is 0.588. The SMILES string of the molecule is CCCc1cccc2c(/C=C\C(=O)O)cc(OC)c(OCOC)c12. The van der Waals surface area contributed by atoms with E-state index in [1.807, 2.05) is 12.1 Å². The molecule has 0 radical (unpaired) electrons. The number of methoxy groups -OCH3 is 2. The Labute approximate surface area is 141 Å². The van der Waals surface area contributed by atoms with E-state index in [1.54, 1.807) is 26.4 Å². The van der Waals surface area contributed by atoms with Crippen LogP contribution < -0.4 is 9.47 Å². The van der Waals surface area contributed by atoms with Crippen LogP contribution in [0.25, 0.3) is 16.8 Å². The second kappa shape index (κ2) is 8.36. The molecule has 0 amide bonds. The summed E-state index contributed by atoms with van der Waals surface area (Å²) in [5, 5.41) is 10.8. The number of carboxylic acid groups (broad SMARTS) is 1. The van der Waals surface area contributed by atoms with Crippen molar-refractivity contribution in [2.75, 3.05) is 21.0 Å². The van der Waals surface area contributed by atoms with Crippen molar-refractivity contribution in [3.8, 4) is 11.5 Å². The minimum Gasteiger partial charge on any atom is -0.493 e. The molecule has 0 atom stereocenters. The van der Waals surface area contributed by atoms with Gasteiger partial charge in [-0.25, -0.2) is 4.79 Å². The number of hydrogen-bond donors (Lipinski definition) is 1. The first-order valence-electron chi connectivity index (χ1n) is 7.77. The number of fused-ring (bicyclic) bond motifs is 1. The van der Waals surface area contributed by atoms with Gasteiger partial charge in [0.2, 0.25) is 0 Å². The molecule has 128 valence electrons. The molecule has 0 saturated heterocycles. The zero-order chi connectivity index (χ0) is 17.5.